The van der Waals surface area contributed by atoms with E-state index in [2.05, 4.69) is 20.7 Å². The van der Waals surface area contributed by atoms with Gasteiger partial charge in [0, 0.05) is 25.5 Å². The average Bonchev–Trinajstić information content (AvgIpc) is 3.21. The van der Waals surface area contributed by atoms with Gasteiger partial charge in [-0.25, -0.2) is 18.1 Å². The van der Waals surface area contributed by atoms with Gasteiger partial charge in [0.1, 0.15) is 0 Å². The third-order valence-electron chi connectivity index (χ3n) is 4.77. The van der Waals surface area contributed by atoms with Gasteiger partial charge in [0.2, 0.25) is 0 Å². The summed E-state index contributed by atoms with van der Waals surface area (Å²) in [5.74, 6) is 0.725. The Labute approximate surface area is 207 Å². The molecule has 172 valence electrons. The lowest BCUT2D eigenvalue weighted by molar-refractivity contribution is 0.601. The standard InChI is InChI=1S/C23H29N5O2S.HI/c1-4-24-23(26-15-19-10-11-22(18(2)14-19)31(3,29)30)25-13-12-20-16-27-28(17-20)21-8-6-5-7-9-21;/h5-11,14,16-17H,4,12-13,15H2,1-3H3,(H2,24,25,26);1H. The molecule has 7 nitrogen and oxygen atoms in total. The first kappa shape index (κ1) is 25.9. The van der Waals surface area contributed by atoms with Crippen molar-refractivity contribution in [2.45, 2.75) is 31.7 Å². The number of benzene rings is 2. The second kappa shape index (κ2) is 12.0. The van der Waals surface area contributed by atoms with Gasteiger partial charge in [-0.2, -0.15) is 5.10 Å². The van der Waals surface area contributed by atoms with Crippen LogP contribution in [-0.4, -0.2) is 43.5 Å². The van der Waals surface area contributed by atoms with Gasteiger partial charge >= 0.3 is 0 Å². The Bertz CT molecular complexity index is 1140. The van der Waals surface area contributed by atoms with Crippen molar-refractivity contribution in [2.75, 3.05) is 19.3 Å². The summed E-state index contributed by atoms with van der Waals surface area (Å²) in [6.07, 6.45) is 5.96. The van der Waals surface area contributed by atoms with Crippen LogP contribution in [0, 0.1) is 6.92 Å². The zero-order valence-electron chi connectivity index (χ0n) is 18.6. The Morgan fingerprint density at radius 3 is 2.50 bits per heavy atom. The zero-order chi connectivity index (χ0) is 22.3. The molecule has 9 heteroatoms. The first-order valence-electron chi connectivity index (χ1n) is 10.3. The summed E-state index contributed by atoms with van der Waals surface area (Å²) >= 11 is 0. The third-order valence-corrected chi connectivity index (χ3v) is 6.02. The van der Waals surface area contributed by atoms with Crippen LogP contribution in [0.5, 0.6) is 0 Å². The Morgan fingerprint density at radius 2 is 1.84 bits per heavy atom. The topological polar surface area (TPSA) is 88.4 Å². The van der Waals surface area contributed by atoms with Crippen LogP contribution < -0.4 is 10.6 Å². The second-order valence-corrected chi connectivity index (χ2v) is 9.36. The third kappa shape index (κ3) is 7.33. The van der Waals surface area contributed by atoms with Crippen LogP contribution in [0.1, 0.15) is 23.6 Å². The molecule has 2 aromatic carbocycles. The number of nitrogens with zero attached hydrogens (tertiary/aromatic N) is 3. The van der Waals surface area contributed by atoms with Gasteiger partial charge in [-0.15, -0.1) is 24.0 Å². The van der Waals surface area contributed by atoms with Crippen molar-refractivity contribution < 1.29 is 8.42 Å². The predicted octanol–water partition coefficient (Wildman–Crippen LogP) is 3.50. The summed E-state index contributed by atoms with van der Waals surface area (Å²) in [6.45, 7) is 5.77. The Hall–Kier alpha value is -2.40. The summed E-state index contributed by atoms with van der Waals surface area (Å²) in [6, 6.07) is 15.4. The molecule has 0 radical (unpaired) electrons. The SMILES string of the molecule is CCNC(=NCc1ccc(S(C)(=O)=O)c(C)c1)NCCc1cnn(-c2ccccc2)c1.I. The maximum Gasteiger partial charge on any atom is 0.191 e. The number of sulfone groups is 1. The van der Waals surface area contributed by atoms with Gasteiger partial charge in [-0.3, -0.25) is 0 Å². The number of para-hydroxylation sites is 1. The van der Waals surface area contributed by atoms with Crippen LogP contribution in [0.4, 0.5) is 0 Å². The number of aliphatic imine (C=N–C) groups is 1. The highest BCUT2D eigenvalue weighted by Crippen LogP contribution is 2.17. The molecule has 0 aliphatic heterocycles. The number of halogens is 1. The minimum atomic E-state index is -3.21. The molecule has 1 aromatic heterocycles. The molecule has 0 amide bonds. The minimum absolute atomic E-state index is 0. The van der Waals surface area contributed by atoms with Crippen molar-refractivity contribution in [3.8, 4) is 5.69 Å². The zero-order valence-corrected chi connectivity index (χ0v) is 21.7. The van der Waals surface area contributed by atoms with E-state index >= 15 is 0 Å². The lowest BCUT2D eigenvalue weighted by Crippen LogP contribution is -2.38. The van der Waals surface area contributed by atoms with E-state index in [4.69, 9.17) is 0 Å². The number of guanidine groups is 1. The summed E-state index contributed by atoms with van der Waals surface area (Å²) in [5.41, 5.74) is 3.88. The first-order chi connectivity index (χ1) is 14.9. The summed E-state index contributed by atoms with van der Waals surface area (Å²) in [5, 5.41) is 11.0. The fraction of sp³-hybridized carbons (Fsp3) is 0.304. The van der Waals surface area contributed by atoms with E-state index < -0.39 is 9.84 Å². The highest BCUT2D eigenvalue weighted by Gasteiger charge is 2.10. The molecule has 0 aliphatic carbocycles. The van der Waals surface area contributed by atoms with Gasteiger partial charge in [0.05, 0.1) is 23.3 Å². The Morgan fingerprint density at radius 1 is 1.09 bits per heavy atom. The average molecular weight is 567 g/mol. The maximum absolute atomic E-state index is 11.8. The molecular weight excluding hydrogens is 537 g/mol. The van der Waals surface area contributed by atoms with E-state index in [0.717, 1.165) is 47.8 Å². The number of rotatable bonds is 8. The second-order valence-electron chi connectivity index (χ2n) is 7.37. The number of aryl methyl sites for hydroxylation is 1. The summed E-state index contributed by atoms with van der Waals surface area (Å²) < 4.78 is 25.4. The van der Waals surface area contributed by atoms with E-state index in [0.29, 0.717) is 11.4 Å². The fourth-order valence-electron chi connectivity index (χ4n) is 3.27. The lowest BCUT2D eigenvalue weighted by Gasteiger charge is -2.11. The van der Waals surface area contributed by atoms with Crippen LogP contribution in [0.3, 0.4) is 0 Å². The molecule has 0 bridgehead atoms. The van der Waals surface area contributed by atoms with Crippen molar-refractivity contribution in [1.82, 2.24) is 20.4 Å². The normalized spacial score (nSPS) is 11.7. The molecule has 1 heterocycles. The van der Waals surface area contributed by atoms with Crippen molar-refractivity contribution in [3.63, 3.8) is 0 Å². The van der Waals surface area contributed by atoms with E-state index in [-0.39, 0.29) is 24.0 Å². The van der Waals surface area contributed by atoms with Crippen LogP contribution in [0.25, 0.3) is 5.69 Å². The van der Waals surface area contributed by atoms with Gasteiger partial charge in [-0.05, 0) is 55.2 Å². The number of hydrogen-bond acceptors (Lipinski definition) is 4. The molecule has 3 aromatic rings. The number of nitrogens with one attached hydrogen (secondary N) is 2. The molecule has 3 rings (SSSR count). The van der Waals surface area contributed by atoms with E-state index in [1.54, 1.807) is 6.07 Å². The van der Waals surface area contributed by atoms with Gasteiger partial charge < -0.3 is 10.6 Å². The van der Waals surface area contributed by atoms with Crippen molar-refractivity contribution in [2.24, 2.45) is 4.99 Å². The smallest absolute Gasteiger partial charge is 0.191 e. The fourth-order valence-corrected chi connectivity index (χ4v) is 4.23. The van der Waals surface area contributed by atoms with Crippen LogP contribution in [-0.2, 0) is 22.8 Å². The van der Waals surface area contributed by atoms with Gasteiger partial charge in [-0.1, -0.05) is 30.3 Å². The minimum Gasteiger partial charge on any atom is -0.357 e. The molecular formula is C23H30IN5O2S. The summed E-state index contributed by atoms with van der Waals surface area (Å²) in [7, 11) is -3.21. The van der Waals surface area contributed by atoms with Crippen LogP contribution in [0.15, 0.2) is 70.8 Å². The highest BCUT2D eigenvalue weighted by molar-refractivity contribution is 14.0. The van der Waals surface area contributed by atoms with Gasteiger partial charge in [0.25, 0.3) is 0 Å². The van der Waals surface area contributed by atoms with Gasteiger partial charge in [0.15, 0.2) is 15.8 Å². The largest absolute Gasteiger partial charge is 0.357 e. The molecule has 0 saturated heterocycles. The van der Waals surface area contributed by atoms with Crippen molar-refractivity contribution >= 4 is 39.8 Å². The molecule has 2 N–H and O–H groups in total. The molecule has 0 atom stereocenters. The monoisotopic (exact) mass is 567 g/mol. The Kier molecular flexibility index (Phi) is 9.70. The van der Waals surface area contributed by atoms with E-state index in [9.17, 15) is 8.42 Å². The predicted molar refractivity (Wildman–Crippen MR) is 140 cm³/mol. The lowest BCUT2D eigenvalue weighted by atomic mass is 10.1. The molecule has 0 fully saturated rings. The van der Waals surface area contributed by atoms with E-state index in [1.807, 2.05) is 73.4 Å². The molecule has 0 saturated carbocycles. The maximum atomic E-state index is 11.8. The van der Waals surface area contributed by atoms with Crippen molar-refractivity contribution in [1.29, 1.82) is 0 Å². The summed E-state index contributed by atoms with van der Waals surface area (Å²) in [4.78, 5) is 4.99. The molecule has 32 heavy (non-hydrogen) atoms. The van der Waals surface area contributed by atoms with Crippen LogP contribution in [0.2, 0.25) is 0 Å². The quantitative estimate of drug-likeness (QED) is 0.247. The number of hydrogen-bond donors (Lipinski definition) is 2. The molecule has 0 spiro atoms. The van der Waals surface area contributed by atoms with Crippen molar-refractivity contribution in [3.05, 3.63) is 77.6 Å². The first-order valence-corrected chi connectivity index (χ1v) is 12.2. The molecule has 0 aliphatic rings. The molecule has 0 unspecified atom stereocenters. The Balaban J connectivity index is 0.00000363. The van der Waals surface area contributed by atoms with E-state index in [1.165, 1.54) is 6.26 Å². The highest BCUT2D eigenvalue weighted by atomic mass is 127. The number of aromatic nitrogens is 2. The van der Waals surface area contributed by atoms with Crippen LogP contribution >= 0.6 is 24.0 Å².